The lowest BCUT2D eigenvalue weighted by molar-refractivity contribution is -0.128. The molecule has 1 aromatic carbocycles. The molecule has 2 rings (SSSR count). The maximum Gasteiger partial charge on any atom is 0.157 e. The third-order valence-electron chi connectivity index (χ3n) is 3.39. The largest absolute Gasteiger partial charge is 0.300 e. The molecule has 1 aromatic rings. The molecular weight excluding hydrogens is 226 g/mol. The molecule has 1 atom stereocenters. The highest BCUT2D eigenvalue weighted by Crippen LogP contribution is 2.21. The highest BCUT2D eigenvalue weighted by molar-refractivity contribution is 6.00. The molecular formula is C15H19NO2. The minimum absolute atomic E-state index is 0.0356. The molecule has 18 heavy (non-hydrogen) atoms. The van der Waals surface area contributed by atoms with Crippen molar-refractivity contribution in [2.45, 2.75) is 38.8 Å². The predicted molar refractivity (Wildman–Crippen MR) is 70.2 cm³/mol. The molecule has 96 valence electrons. The second-order valence-electron chi connectivity index (χ2n) is 4.96. The van der Waals surface area contributed by atoms with Gasteiger partial charge in [-0.15, -0.1) is 0 Å². The van der Waals surface area contributed by atoms with Crippen LogP contribution in [0.2, 0.25) is 0 Å². The Morgan fingerprint density at radius 2 is 2.00 bits per heavy atom. The van der Waals surface area contributed by atoms with Crippen LogP contribution in [0.5, 0.6) is 0 Å². The van der Waals surface area contributed by atoms with Gasteiger partial charge in [0.2, 0.25) is 0 Å². The van der Waals surface area contributed by atoms with Gasteiger partial charge < -0.3 is 0 Å². The molecule has 3 heteroatoms. The fraction of sp³-hybridized carbons (Fsp3) is 0.467. The van der Waals surface area contributed by atoms with Crippen molar-refractivity contribution >= 4 is 11.6 Å². The van der Waals surface area contributed by atoms with E-state index < -0.39 is 0 Å². The van der Waals surface area contributed by atoms with Gasteiger partial charge in [0.1, 0.15) is 5.78 Å². The number of likely N-dealkylation sites (tertiary alicyclic amines) is 1. The second-order valence-corrected chi connectivity index (χ2v) is 4.96. The number of nitrogens with zero attached hydrogens (tertiary/aromatic N) is 1. The Balaban J connectivity index is 1.99. The Kier molecular flexibility index (Phi) is 4.26. The van der Waals surface area contributed by atoms with Crippen molar-refractivity contribution in [1.29, 1.82) is 0 Å². The molecule has 0 saturated carbocycles. The Morgan fingerprint density at radius 3 is 2.67 bits per heavy atom. The lowest BCUT2D eigenvalue weighted by Crippen LogP contribution is -2.36. The van der Waals surface area contributed by atoms with Gasteiger partial charge in [-0.25, -0.2) is 0 Å². The van der Waals surface area contributed by atoms with E-state index in [4.69, 9.17) is 0 Å². The molecule has 3 nitrogen and oxygen atoms in total. The van der Waals surface area contributed by atoms with Gasteiger partial charge in [-0.3, -0.25) is 14.5 Å². The van der Waals surface area contributed by atoms with Gasteiger partial charge in [0, 0.05) is 6.54 Å². The fourth-order valence-electron chi connectivity index (χ4n) is 2.56. The Labute approximate surface area is 108 Å². The van der Waals surface area contributed by atoms with Gasteiger partial charge in [-0.2, -0.15) is 0 Å². The standard InChI is InChI=1S/C15H19NO2/c1-12(17)10-15(18)14-8-5-9-16(14)11-13-6-3-2-4-7-13/h2-4,6-7,14H,5,8-11H2,1H3/t14-/m0/s1. The molecule has 1 aliphatic heterocycles. The topological polar surface area (TPSA) is 37.4 Å². The van der Waals surface area contributed by atoms with Crippen molar-refractivity contribution in [2.24, 2.45) is 0 Å². The van der Waals surface area contributed by atoms with E-state index >= 15 is 0 Å². The van der Waals surface area contributed by atoms with Gasteiger partial charge >= 0.3 is 0 Å². The second kappa shape index (κ2) is 5.91. The molecule has 0 N–H and O–H groups in total. The number of rotatable bonds is 5. The fourth-order valence-corrected chi connectivity index (χ4v) is 2.56. The molecule has 1 heterocycles. The first-order valence-corrected chi connectivity index (χ1v) is 6.47. The zero-order valence-electron chi connectivity index (χ0n) is 10.8. The molecule has 0 amide bonds. The predicted octanol–water partition coefficient (Wildman–Crippen LogP) is 2.20. The average Bonchev–Trinajstić information content (AvgIpc) is 2.77. The van der Waals surface area contributed by atoms with Crippen LogP contribution in [0.3, 0.4) is 0 Å². The van der Waals surface area contributed by atoms with Gasteiger partial charge in [-0.05, 0) is 31.9 Å². The first-order valence-electron chi connectivity index (χ1n) is 6.47. The number of hydrogen-bond donors (Lipinski definition) is 0. The van der Waals surface area contributed by atoms with Crippen LogP contribution in [0.1, 0.15) is 31.7 Å². The molecule has 0 unspecified atom stereocenters. The Morgan fingerprint density at radius 1 is 1.28 bits per heavy atom. The molecule has 0 radical (unpaired) electrons. The summed E-state index contributed by atoms with van der Waals surface area (Å²) in [4.78, 5) is 25.2. The zero-order valence-corrected chi connectivity index (χ0v) is 10.8. The smallest absolute Gasteiger partial charge is 0.157 e. The summed E-state index contributed by atoms with van der Waals surface area (Å²) in [6.45, 7) is 3.23. The molecule has 0 bridgehead atoms. The third-order valence-corrected chi connectivity index (χ3v) is 3.39. The molecule has 0 aliphatic carbocycles. The lowest BCUT2D eigenvalue weighted by Gasteiger charge is -2.23. The van der Waals surface area contributed by atoms with Crippen LogP contribution >= 0.6 is 0 Å². The van der Waals surface area contributed by atoms with Crippen LogP contribution in [0.4, 0.5) is 0 Å². The van der Waals surface area contributed by atoms with E-state index in [2.05, 4.69) is 17.0 Å². The first-order chi connectivity index (χ1) is 8.66. The monoisotopic (exact) mass is 245 g/mol. The molecule has 0 aromatic heterocycles. The summed E-state index contributed by atoms with van der Waals surface area (Å²) in [6, 6.07) is 10.1. The van der Waals surface area contributed by atoms with Gasteiger partial charge in [-0.1, -0.05) is 30.3 Å². The van der Waals surface area contributed by atoms with E-state index in [1.165, 1.54) is 12.5 Å². The van der Waals surface area contributed by atoms with Crippen molar-refractivity contribution < 1.29 is 9.59 Å². The minimum atomic E-state index is -0.0610. The third kappa shape index (κ3) is 3.26. The number of carbonyl (C=O) groups is 2. The van der Waals surface area contributed by atoms with Gasteiger partial charge in [0.25, 0.3) is 0 Å². The summed E-state index contributed by atoms with van der Waals surface area (Å²) < 4.78 is 0. The van der Waals surface area contributed by atoms with Crippen molar-refractivity contribution in [3.63, 3.8) is 0 Å². The van der Waals surface area contributed by atoms with E-state index in [0.29, 0.717) is 0 Å². The van der Waals surface area contributed by atoms with Crippen LogP contribution in [0.15, 0.2) is 30.3 Å². The summed E-state index contributed by atoms with van der Waals surface area (Å²) in [5, 5.41) is 0. The lowest BCUT2D eigenvalue weighted by atomic mass is 10.0. The van der Waals surface area contributed by atoms with Crippen molar-refractivity contribution in [3.05, 3.63) is 35.9 Å². The van der Waals surface area contributed by atoms with Gasteiger partial charge in [0.15, 0.2) is 5.78 Å². The highest BCUT2D eigenvalue weighted by Gasteiger charge is 2.30. The van der Waals surface area contributed by atoms with Crippen LogP contribution in [0, 0.1) is 0 Å². The van der Waals surface area contributed by atoms with E-state index in [1.807, 2.05) is 18.2 Å². The summed E-state index contributed by atoms with van der Waals surface area (Å²) >= 11 is 0. The van der Waals surface area contributed by atoms with Crippen molar-refractivity contribution in [2.75, 3.05) is 6.54 Å². The maximum absolute atomic E-state index is 12.0. The molecule has 1 fully saturated rings. The number of Topliss-reactive ketones (excluding diaryl/α,β-unsaturated/α-hetero) is 2. The maximum atomic E-state index is 12.0. The summed E-state index contributed by atoms with van der Waals surface area (Å²) in [6.07, 6.45) is 2.01. The number of ketones is 2. The number of carbonyl (C=O) groups excluding carboxylic acids is 2. The van der Waals surface area contributed by atoms with Gasteiger partial charge in [0.05, 0.1) is 12.5 Å². The molecule has 0 spiro atoms. The SMILES string of the molecule is CC(=O)CC(=O)[C@@H]1CCCN1Cc1ccccc1. The minimum Gasteiger partial charge on any atom is -0.300 e. The average molecular weight is 245 g/mol. The van der Waals surface area contributed by atoms with Crippen molar-refractivity contribution in [1.82, 2.24) is 4.90 Å². The van der Waals surface area contributed by atoms with Crippen LogP contribution in [0.25, 0.3) is 0 Å². The number of benzene rings is 1. The Bertz CT molecular complexity index is 427. The van der Waals surface area contributed by atoms with Crippen LogP contribution in [-0.2, 0) is 16.1 Å². The van der Waals surface area contributed by atoms with E-state index in [-0.39, 0.29) is 24.0 Å². The first kappa shape index (κ1) is 13.0. The summed E-state index contributed by atoms with van der Waals surface area (Å²) in [5.41, 5.74) is 1.22. The zero-order chi connectivity index (χ0) is 13.0. The van der Waals surface area contributed by atoms with E-state index in [0.717, 1.165) is 25.9 Å². The highest BCUT2D eigenvalue weighted by atomic mass is 16.1. The van der Waals surface area contributed by atoms with Crippen LogP contribution in [-0.4, -0.2) is 29.1 Å². The Hall–Kier alpha value is -1.48. The van der Waals surface area contributed by atoms with E-state index in [1.54, 1.807) is 0 Å². The molecule has 1 aliphatic rings. The normalized spacial score (nSPS) is 19.9. The van der Waals surface area contributed by atoms with Crippen LogP contribution < -0.4 is 0 Å². The van der Waals surface area contributed by atoms with Crippen molar-refractivity contribution in [3.8, 4) is 0 Å². The molecule has 1 saturated heterocycles. The summed E-state index contributed by atoms with van der Waals surface area (Å²) in [5.74, 6) is 0.0440. The number of hydrogen-bond acceptors (Lipinski definition) is 3. The summed E-state index contributed by atoms with van der Waals surface area (Å²) in [7, 11) is 0. The quantitative estimate of drug-likeness (QED) is 0.746. The van der Waals surface area contributed by atoms with E-state index in [9.17, 15) is 9.59 Å².